The highest BCUT2D eigenvalue weighted by Gasteiger charge is 2.32. The third-order valence-electron chi connectivity index (χ3n) is 3.59. The number of nitrogens with zero attached hydrogens (tertiary/aromatic N) is 2. The maximum Gasteiger partial charge on any atom is 0.327 e. The molecule has 1 aliphatic carbocycles. The van der Waals surface area contributed by atoms with E-state index in [4.69, 9.17) is 5.11 Å². The summed E-state index contributed by atoms with van der Waals surface area (Å²) in [5.74, 6) is 0.363. The van der Waals surface area contributed by atoms with Gasteiger partial charge in [0.15, 0.2) is 0 Å². The van der Waals surface area contributed by atoms with Gasteiger partial charge in [0, 0.05) is 37.2 Å². The minimum atomic E-state index is -0.919. The summed E-state index contributed by atoms with van der Waals surface area (Å²) < 4.78 is 0. The maximum absolute atomic E-state index is 12.0. The zero-order chi connectivity index (χ0) is 13.8. The lowest BCUT2D eigenvalue weighted by atomic mass is 10.3. The molecule has 2 aliphatic rings. The molecule has 2 fully saturated rings. The van der Waals surface area contributed by atoms with E-state index in [0.717, 1.165) is 12.3 Å². The van der Waals surface area contributed by atoms with Gasteiger partial charge in [-0.05, 0) is 19.9 Å². The van der Waals surface area contributed by atoms with E-state index in [0.29, 0.717) is 24.9 Å². The van der Waals surface area contributed by atoms with Crippen molar-refractivity contribution < 1.29 is 14.7 Å². The van der Waals surface area contributed by atoms with Gasteiger partial charge < -0.3 is 20.2 Å². The van der Waals surface area contributed by atoms with Crippen LogP contribution in [0.2, 0.25) is 0 Å². The summed E-state index contributed by atoms with van der Waals surface area (Å²) in [7, 11) is 2.06. The molecule has 7 heteroatoms. The number of carboxylic acids is 1. The fourth-order valence-electron chi connectivity index (χ4n) is 2.19. The SMILES string of the molecule is CN(CCNC(=O)N1CCSCC1C(=O)O)C1CC1. The van der Waals surface area contributed by atoms with E-state index in [-0.39, 0.29) is 6.03 Å². The molecule has 2 rings (SSSR count). The van der Waals surface area contributed by atoms with Crippen molar-refractivity contribution in [2.24, 2.45) is 0 Å². The van der Waals surface area contributed by atoms with E-state index in [1.807, 2.05) is 0 Å². The molecule has 0 aromatic carbocycles. The number of carboxylic acid groups (broad SMARTS) is 1. The quantitative estimate of drug-likeness (QED) is 0.760. The van der Waals surface area contributed by atoms with Gasteiger partial charge >= 0.3 is 12.0 Å². The van der Waals surface area contributed by atoms with Gasteiger partial charge in [0.2, 0.25) is 0 Å². The van der Waals surface area contributed by atoms with Crippen molar-refractivity contribution in [2.75, 3.05) is 38.2 Å². The molecule has 1 aliphatic heterocycles. The second-order valence-corrected chi connectivity index (χ2v) is 6.22. The van der Waals surface area contributed by atoms with Crippen LogP contribution in [0, 0.1) is 0 Å². The van der Waals surface area contributed by atoms with Crippen molar-refractivity contribution in [2.45, 2.75) is 24.9 Å². The molecular weight excluding hydrogens is 266 g/mol. The average Bonchev–Trinajstić information content (AvgIpc) is 3.22. The summed E-state index contributed by atoms with van der Waals surface area (Å²) in [4.78, 5) is 26.8. The Labute approximate surface area is 117 Å². The highest BCUT2D eigenvalue weighted by atomic mass is 32.2. The Kier molecular flexibility index (Phi) is 4.93. The Bertz CT molecular complexity index is 349. The molecule has 1 saturated heterocycles. The zero-order valence-corrected chi connectivity index (χ0v) is 12.0. The molecule has 0 aromatic heterocycles. The number of nitrogens with one attached hydrogen (secondary N) is 1. The Morgan fingerprint density at radius 2 is 2.21 bits per heavy atom. The molecule has 2 N–H and O–H groups in total. The topological polar surface area (TPSA) is 72.9 Å². The van der Waals surface area contributed by atoms with Crippen molar-refractivity contribution >= 4 is 23.8 Å². The minimum Gasteiger partial charge on any atom is -0.480 e. The average molecular weight is 287 g/mol. The normalized spacial score (nSPS) is 23.5. The van der Waals surface area contributed by atoms with Crippen molar-refractivity contribution in [3.05, 3.63) is 0 Å². The van der Waals surface area contributed by atoms with Gasteiger partial charge in [-0.2, -0.15) is 11.8 Å². The van der Waals surface area contributed by atoms with Gasteiger partial charge in [-0.3, -0.25) is 0 Å². The van der Waals surface area contributed by atoms with Crippen LogP contribution in [0.5, 0.6) is 0 Å². The van der Waals surface area contributed by atoms with Crippen LogP contribution < -0.4 is 5.32 Å². The Hall–Kier alpha value is -0.950. The molecule has 0 spiro atoms. The second kappa shape index (κ2) is 6.47. The van der Waals surface area contributed by atoms with Crippen LogP contribution in [0.1, 0.15) is 12.8 Å². The maximum atomic E-state index is 12.0. The van der Waals surface area contributed by atoms with Gasteiger partial charge in [-0.15, -0.1) is 0 Å². The fourth-order valence-corrected chi connectivity index (χ4v) is 3.23. The predicted octanol–water partition coefficient (Wildman–Crippen LogP) is 0.292. The largest absolute Gasteiger partial charge is 0.480 e. The molecule has 1 saturated carbocycles. The van der Waals surface area contributed by atoms with Crippen LogP contribution in [0.3, 0.4) is 0 Å². The lowest BCUT2D eigenvalue weighted by Crippen LogP contribution is -2.54. The highest BCUT2D eigenvalue weighted by Crippen LogP contribution is 2.24. The van der Waals surface area contributed by atoms with E-state index in [1.165, 1.54) is 17.7 Å². The number of urea groups is 1. The third kappa shape index (κ3) is 4.01. The lowest BCUT2D eigenvalue weighted by Gasteiger charge is -2.32. The first-order valence-corrected chi connectivity index (χ1v) is 7.80. The molecule has 1 unspecified atom stereocenters. The number of carbonyl (C=O) groups is 2. The molecule has 1 heterocycles. The third-order valence-corrected chi connectivity index (χ3v) is 4.61. The molecule has 0 radical (unpaired) electrons. The van der Waals surface area contributed by atoms with Crippen molar-refractivity contribution in [1.29, 1.82) is 0 Å². The Morgan fingerprint density at radius 1 is 1.47 bits per heavy atom. The van der Waals surface area contributed by atoms with E-state index >= 15 is 0 Å². The van der Waals surface area contributed by atoms with E-state index in [2.05, 4.69) is 17.3 Å². The van der Waals surface area contributed by atoms with E-state index in [1.54, 1.807) is 11.8 Å². The van der Waals surface area contributed by atoms with E-state index < -0.39 is 12.0 Å². The lowest BCUT2D eigenvalue weighted by molar-refractivity contribution is -0.141. The minimum absolute atomic E-state index is 0.253. The fraction of sp³-hybridized carbons (Fsp3) is 0.833. The summed E-state index contributed by atoms with van der Waals surface area (Å²) in [6.45, 7) is 1.89. The summed E-state index contributed by atoms with van der Waals surface area (Å²) in [5, 5.41) is 11.9. The first kappa shape index (κ1) is 14.5. The number of carbonyl (C=O) groups excluding carboxylic acids is 1. The van der Waals surface area contributed by atoms with Gasteiger partial charge in [-0.1, -0.05) is 0 Å². The van der Waals surface area contributed by atoms with Crippen LogP contribution in [-0.4, -0.2) is 77.2 Å². The van der Waals surface area contributed by atoms with Crippen molar-refractivity contribution in [1.82, 2.24) is 15.1 Å². The number of aliphatic carboxylic acids is 1. The van der Waals surface area contributed by atoms with Gasteiger partial charge in [0.1, 0.15) is 6.04 Å². The predicted molar refractivity (Wildman–Crippen MR) is 74.5 cm³/mol. The summed E-state index contributed by atoms with van der Waals surface area (Å²) >= 11 is 1.58. The molecule has 6 nitrogen and oxygen atoms in total. The molecule has 0 aromatic rings. The van der Waals surface area contributed by atoms with Crippen molar-refractivity contribution in [3.63, 3.8) is 0 Å². The standard InChI is InChI=1S/C12H21N3O3S/c1-14(9-2-3-9)5-4-13-12(18)15-6-7-19-8-10(15)11(16)17/h9-10H,2-8H2,1H3,(H,13,18)(H,16,17). The summed E-state index contributed by atoms with van der Waals surface area (Å²) in [5.41, 5.74) is 0. The molecular formula is C12H21N3O3S. The molecule has 2 amide bonds. The Balaban J connectivity index is 1.75. The number of rotatable bonds is 5. The second-order valence-electron chi connectivity index (χ2n) is 5.07. The number of hydrogen-bond donors (Lipinski definition) is 2. The van der Waals surface area contributed by atoms with Crippen LogP contribution in [-0.2, 0) is 4.79 Å². The summed E-state index contributed by atoms with van der Waals surface area (Å²) in [6, 6.07) is -0.271. The van der Waals surface area contributed by atoms with Crippen LogP contribution in [0.4, 0.5) is 4.79 Å². The number of likely N-dealkylation sites (N-methyl/N-ethyl adjacent to an activating group) is 1. The molecule has 1 atom stereocenters. The zero-order valence-electron chi connectivity index (χ0n) is 11.2. The molecule has 0 bridgehead atoms. The molecule has 19 heavy (non-hydrogen) atoms. The Morgan fingerprint density at radius 3 is 2.84 bits per heavy atom. The molecule has 108 valence electrons. The first-order chi connectivity index (χ1) is 9.09. The van der Waals surface area contributed by atoms with Crippen LogP contribution in [0.25, 0.3) is 0 Å². The number of amides is 2. The van der Waals surface area contributed by atoms with Gasteiger partial charge in [0.05, 0.1) is 0 Å². The summed E-state index contributed by atoms with van der Waals surface area (Å²) in [6.07, 6.45) is 2.49. The smallest absolute Gasteiger partial charge is 0.327 e. The number of thioether (sulfide) groups is 1. The van der Waals surface area contributed by atoms with Crippen molar-refractivity contribution in [3.8, 4) is 0 Å². The first-order valence-electron chi connectivity index (χ1n) is 6.65. The van der Waals surface area contributed by atoms with Crippen LogP contribution >= 0.6 is 11.8 Å². The van der Waals surface area contributed by atoms with Gasteiger partial charge in [-0.25, -0.2) is 9.59 Å². The monoisotopic (exact) mass is 287 g/mol. The highest BCUT2D eigenvalue weighted by molar-refractivity contribution is 7.99. The van der Waals surface area contributed by atoms with Gasteiger partial charge in [0.25, 0.3) is 0 Å². The number of hydrogen-bond acceptors (Lipinski definition) is 4. The van der Waals surface area contributed by atoms with Crippen LogP contribution in [0.15, 0.2) is 0 Å². The van der Waals surface area contributed by atoms with E-state index in [9.17, 15) is 9.59 Å².